The number of aliphatic hydroxyl groups excluding tert-OH is 1. The Balaban J connectivity index is 3.36. The summed E-state index contributed by atoms with van der Waals surface area (Å²) in [6.45, 7) is 16.0. The van der Waals surface area contributed by atoms with Crippen molar-refractivity contribution in [3.05, 3.63) is 0 Å². The molecule has 1 amide bonds. The highest BCUT2D eigenvalue weighted by Gasteiger charge is 2.57. The maximum absolute atomic E-state index is 13.0. The molecule has 0 spiro atoms. The molecule has 1 fully saturated rings. The Bertz CT molecular complexity index is 539. The van der Waals surface area contributed by atoms with Gasteiger partial charge in [0, 0.05) is 13.0 Å². The summed E-state index contributed by atoms with van der Waals surface area (Å²) in [6.07, 6.45) is -1.53. The largest absolute Gasteiger partial charge is 0.469 e. The Hall–Kier alpha value is -1.12. The van der Waals surface area contributed by atoms with Crippen molar-refractivity contribution < 1.29 is 28.6 Å². The first-order valence-corrected chi connectivity index (χ1v) is 12.3. The van der Waals surface area contributed by atoms with Gasteiger partial charge in [0.15, 0.2) is 14.8 Å². The molecule has 27 heavy (non-hydrogen) atoms. The van der Waals surface area contributed by atoms with E-state index in [4.69, 9.17) is 13.9 Å². The van der Waals surface area contributed by atoms with Crippen molar-refractivity contribution in [2.45, 2.75) is 84.9 Å². The van der Waals surface area contributed by atoms with Crippen LogP contribution in [-0.2, 0) is 18.7 Å². The average molecular weight is 404 g/mol. The summed E-state index contributed by atoms with van der Waals surface area (Å²) < 4.78 is 16.6. The van der Waals surface area contributed by atoms with Gasteiger partial charge in [0.2, 0.25) is 0 Å². The molecule has 0 unspecified atom stereocenters. The van der Waals surface area contributed by atoms with E-state index in [0.29, 0.717) is 13.0 Å². The van der Waals surface area contributed by atoms with Crippen molar-refractivity contribution in [1.29, 1.82) is 0 Å². The molecule has 1 aliphatic rings. The van der Waals surface area contributed by atoms with Crippen molar-refractivity contribution >= 4 is 21.1 Å². The summed E-state index contributed by atoms with van der Waals surface area (Å²) in [5, 5.41) is 11.0. The van der Waals surface area contributed by atoms with Gasteiger partial charge < -0.3 is 19.0 Å². The number of carbonyl (C=O) groups is 2. The van der Waals surface area contributed by atoms with Crippen LogP contribution in [0, 0.1) is 11.3 Å². The molecule has 8 heteroatoms. The quantitative estimate of drug-likeness (QED) is 0.561. The van der Waals surface area contributed by atoms with Gasteiger partial charge in [-0.05, 0) is 45.2 Å². The number of aliphatic hydroxyl groups is 1. The predicted molar refractivity (Wildman–Crippen MR) is 106 cm³/mol. The van der Waals surface area contributed by atoms with Crippen LogP contribution in [0.25, 0.3) is 0 Å². The number of hydrogen-bond acceptors (Lipinski definition) is 6. The van der Waals surface area contributed by atoms with E-state index >= 15 is 0 Å². The van der Waals surface area contributed by atoms with Crippen molar-refractivity contribution in [1.82, 2.24) is 4.90 Å². The van der Waals surface area contributed by atoms with Crippen LogP contribution in [0.15, 0.2) is 0 Å². The number of hydrogen-bond donors (Lipinski definition) is 1. The minimum atomic E-state index is -1.68. The molecule has 3 atom stereocenters. The van der Waals surface area contributed by atoms with Gasteiger partial charge in [-0.3, -0.25) is 9.69 Å². The van der Waals surface area contributed by atoms with Crippen LogP contribution >= 0.6 is 0 Å². The second-order valence-corrected chi connectivity index (χ2v) is 12.0. The first-order chi connectivity index (χ1) is 12.1. The number of likely N-dealkylation sites (tertiary alicyclic amines) is 1. The van der Waals surface area contributed by atoms with E-state index in [-0.39, 0.29) is 17.8 Å². The molecule has 1 rings (SSSR count). The maximum atomic E-state index is 13.0. The molecule has 1 aliphatic heterocycles. The van der Waals surface area contributed by atoms with E-state index in [9.17, 15) is 14.7 Å². The molecule has 1 heterocycles. The molecular weight excluding hydrogens is 366 g/mol. The lowest BCUT2D eigenvalue weighted by Gasteiger charge is -2.43. The van der Waals surface area contributed by atoms with Crippen molar-refractivity contribution in [2.24, 2.45) is 11.3 Å². The Morgan fingerprint density at radius 1 is 1.22 bits per heavy atom. The minimum Gasteiger partial charge on any atom is -0.469 e. The van der Waals surface area contributed by atoms with Gasteiger partial charge >= 0.3 is 12.1 Å². The summed E-state index contributed by atoms with van der Waals surface area (Å²) in [7, 11) is -0.401. The fourth-order valence-electron chi connectivity index (χ4n) is 3.34. The first-order valence-electron chi connectivity index (χ1n) is 9.55. The van der Waals surface area contributed by atoms with Crippen LogP contribution in [0.5, 0.6) is 0 Å². The zero-order valence-corrected chi connectivity index (χ0v) is 19.4. The van der Waals surface area contributed by atoms with E-state index in [0.717, 1.165) is 0 Å². The van der Waals surface area contributed by atoms with E-state index in [1.165, 1.54) is 12.0 Å². The van der Waals surface area contributed by atoms with Crippen molar-refractivity contribution in [3.8, 4) is 0 Å². The molecule has 0 aromatic heterocycles. The summed E-state index contributed by atoms with van der Waals surface area (Å²) in [5.74, 6) is -0.454. The van der Waals surface area contributed by atoms with Gasteiger partial charge in [0.25, 0.3) is 0 Å². The molecular formula is C19H37NO6Si. The lowest BCUT2D eigenvalue weighted by atomic mass is 9.78. The SMILES string of the molecule is COC(=O)C[C@H](O)[C@@]1(O[SiH](C)C)C[C@H](C(C)(C)C)CN1C(=O)OC(C)(C)C. The van der Waals surface area contributed by atoms with Gasteiger partial charge in [-0.25, -0.2) is 4.79 Å². The number of rotatable bonds is 5. The Labute approximate surface area is 165 Å². The number of methoxy groups -OCH3 is 1. The van der Waals surface area contributed by atoms with Gasteiger partial charge in [-0.15, -0.1) is 0 Å². The summed E-state index contributed by atoms with van der Waals surface area (Å²) in [4.78, 5) is 26.3. The molecule has 158 valence electrons. The van der Waals surface area contributed by atoms with Crippen LogP contribution < -0.4 is 0 Å². The molecule has 0 radical (unpaired) electrons. The zero-order valence-electron chi connectivity index (χ0n) is 18.3. The first kappa shape index (κ1) is 23.9. The second-order valence-electron chi connectivity index (χ2n) is 9.67. The third-order valence-corrected chi connectivity index (χ3v) is 5.67. The Morgan fingerprint density at radius 2 is 1.78 bits per heavy atom. The summed E-state index contributed by atoms with van der Waals surface area (Å²) in [5.41, 5.74) is -2.06. The highest BCUT2D eigenvalue weighted by Crippen LogP contribution is 2.46. The molecule has 1 N–H and O–H groups in total. The summed E-state index contributed by atoms with van der Waals surface area (Å²) in [6, 6.07) is 0. The van der Waals surface area contributed by atoms with E-state index < -0.39 is 38.5 Å². The standard InChI is InChI=1S/C19H37NO6Si/c1-17(2,3)13-11-19(26-27(8)9,14(21)10-15(22)24-7)20(12-13)16(23)25-18(4,5)6/h13-14,21,27H,10-12H2,1-9H3/t13-,14-,19-/m0/s1. The molecule has 0 aromatic rings. The molecule has 0 saturated carbocycles. The normalized spacial score (nSPS) is 24.9. The number of carbonyl (C=O) groups excluding carboxylic acids is 2. The van der Waals surface area contributed by atoms with Crippen LogP contribution in [0.4, 0.5) is 4.79 Å². The summed E-state index contributed by atoms with van der Waals surface area (Å²) >= 11 is 0. The highest BCUT2D eigenvalue weighted by atomic mass is 28.3. The second kappa shape index (κ2) is 8.49. The number of esters is 1. The third kappa shape index (κ3) is 6.19. The molecule has 0 bridgehead atoms. The van der Waals surface area contributed by atoms with Crippen LogP contribution in [0.3, 0.4) is 0 Å². The lowest BCUT2D eigenvalue weighted by molar-refractivity contribution is -0.161. The van der Waals surface area contributed by atoms with Gasteiger partial charge in [-0.2, -0.15) is 0 Å². The van der Waals surface area contributed by atoms with Crippen LogP contribution in [-0.4, -0.2) is 62.2 Å². The topological polar surface area (TPSA) is 85.3 Å². The third-order valence-electron chi connectivity index (χ3n) is 4.79. The fourth-order valence-corrected chi connectivity index (χ4v) is 4.54. The Kier molecular flexibility index (Phi) is 7.52. The number of ether oxygens (including phenoxy) is 2. The van der Waals surface area contributed by atoms with Crippen LogP contribution in [0.1, 0.15) is 54.4 Å². The van der Waals surface area contributed by atoms with E-state index in [1.807, 2.05) is 13.1 Å². The number of nitrogens with zero attached hydrogens (tertiary/aromatic N) is 1. The molecule has 7 nitrogen and oxygen atoms in total. The number of amides is 1. The average Bonchev–Trinajstić information content (AvgIpc) is 2.85. The van der Waals surface area contributed by atoms with Gasteiger partial charge in [0.1, 0.15) is 11.7 Å². The fraction of sp³-hybridized carbons (Fsp3) is 0.895. The maximum Gasteiger partial charge on any atom is 0.412 e. The van der Waals surface area contributed by atoms with Crippen molar-refractivity contribution in [2.75, 3.05) is 13.7 Å². The Morgan fingerprint density at radius 3 is 2.19 bits per heavy atom. The van der Waals surface area contributed by atoms with Crippen molar-refractivity contribution in [3.63, 3.8) is 0 Å². The minimum absolute atomic E-state index is 0.0880. The van der Waals surface area contributed by atoms with E-state index in [1.54, 1.807) is 20.8 Å². The molecule has 0 aliphatic carbocycles. The van der Waals surface area contributed by atoms with Gasteiger partial charge in [0.05, 0.1) is 13.5 Å². The molecule has 1 saturated heterocycles. The highest BCUT2D eigenvalue weighted by molar-refractivity contribution is 6.48. The smallest absolute Gasteiger partial charge is 0.412 e. The predicted octanol–water partition coefficient (Wildman–Crippen LogP) is 2.91. The van der Waals surface area contributed by atoms with Gasteiger partial charge in [-0.1, -0.05) is 20.8 Å². The lowest BCUT2D eigenvalue weighted by Crippen LogP contribution is -2.59. The van der Waals surface area contributed by atoms with Crippen LogP contribution in [0.2, 0.25) is 13.1 Å². The molecule has 0 aromatic carbocycles. The van der Waals surface area contributed by atoms with E-state index in [2.05, 4.69) is 20.8 Å². The zero-order chi connectivity index (χ0) is 21.2. The monoisotopic (exact) mass is 403 g/mol.